The molecule has 7 heteroatoms. The van der Waals surface area contributed by atoms with Crippen LogP contribution >= 0.6 is 0 Å². The highest BCUT2D eigenvalue weighted by molar-refractivity contribution is 5.98. The highest BCUT2D eigenvalue weighted by Crippen LogP contribution is 2.26. The van der Waals surface area contributed by atoms with Gasteiger partial charge in [0.15, 0.2) is 0 Å². The van der Waals surface area contributed by atoms with Crippen LogP contribution in [0.5, 0.6) is 0 Å². The Hall–Kier alpha value is -2.25. The number of nitrogens with one attached hydrogen (secondary N) is 2. The zero-order chi connectivity index (χ0) is 16.1. The standard InChI is InChI=1S/C15H19N3O4/c1-10(2-5-14(20)16-9-19)18-8-12-6-11(7-17-22)3-4-13(12)15(18)21/h3-4,6,9-10,17,22H,2,5,7-8H2,1H3,(H,16,19,20). The number of benzene rings is 1. The van der Waals surface area contributed by atoms with E-state index in [0.717, 1.165) is 11.1 Å². The summed E-state index contributed by atoms with van der Waals surface area (Å²) in [5.41, 5.74) is 4.57. The van der Waals surface area contributed by atoms with Crippen molar-refractivity contribution in [1.29, 1.82) is 0 Å². The molecule has 1 aliphatic heterocycles. The molecular formula is C15H19N3O4. The van der Waals surface area contributed by atoms with Gasteiger partial charge in [-0.3, -0.25) is 19.7 Å². The fraction of sp³-hybridized carbons (Fsp3) is 0.400. The molecule has 3 amide bonds. The average molecular weight is 305 g/mol. The lowest BCUT2D eigenvalue weighted by Crippen LogP contribution is -2.34. The van der Waals surface area contributed by atoms with E-state index in [0.29, 0.717) is 31.5 Å². The third kappa shape index (κ3) is 3.49. The quantitative estimate of drug-likeness (QED) is 0.505. The summed E-state index contributed by atoms with van der Waals surface area (Å²) in [6.45, 7) is 2.70. The van der Waals surface area contributed by atoms with Gasteiger partial charge in [-0.25, -0.2) is 5.48 Å². The Morgan fingerprint density at radius 3 is 2.95 bits per heavy atom. The molecule has 1 unspecified atom stereocenters. The van der Waals surface area contributed by atoms with Crippen LogP contribution in [0.15, 0.2) is 18.2 Å². The summed E-state index contributed by atoms with van der Waals surface area (Å²) in [5.74, 6) is -0.399. The fourth-order valence-corrected chi connectivity index (χ4v) is 2.59. The van der Waals surface area contributed by atoms with Gasteiger partial charge in [-0.1, -0.05) is 12.1 Å². The van der Waals surface area contributed by atoms with Gasteiger partial charge in [0.05, 0.1) is 0 Å². The molecule has 0 bridgehead atoms. The molecule has 0 saturated carbocycles. The van der Waals surface area contributed by atoms with E-state index in [1.54, 1.807) is 17.0 Å². The second-order valence-corrected chi connectivity index (χ2v) is 5.33. The number of imide groups is 1. The van der Waals surface area contributed by atoms with Crippen LogP contribution in [0.2, 0.25) is 0 Å². The Bertz CT molecular complexity index is 588. The number of amides is 3. The van der Waals surface area contributed by atoms with Gasteiger partial charge >= 0.3 is 0 Å². The van der Waals surface area contributed by atoms with Crippen LogP contribution < -0.4 is 10.8 Å². The second-order valence-electron chi connectivity index (χ2n) is 5.33. The predicted octanol–water partition coefficient (Wildman–Crippen LogP) is 0.563. The maximum atomic E-state index is 12.4. The van der Waals surface area contributed by atoms with Crippen LogP contribution in [-0.4, -0.2) is 34.4 Å². The van der Waals surface area contributed by atoms with Gasteiger partial charge in [0.2, 0.25) is 12.3 Å². The number of hydrogen-bond acceptors (Lipinski definition) is 5. The van der Waals surface area contributed by atoms with E-state index in [1.165, 1.54) is 0 Å². The smallest absolute Gasteiger partial charge is 0.254 e. The van der Waals surface area contributed by atoms with Crippen LogP contribution in [0.1, 0.15) is 41.3 Å². The van der Waals surface area contributed by atoms with Crippen molar-refractivity contribution in [2.45, 2.75) is 38.9 Å². The summed E-state index contributed by atoms with van der Waals surface area (Å²) in [5, 5.41) is 10.8. The predicted molar refractivity (Wildman–Crippen MR) is 77.8 cm³/mol. The molecule has 1 aliphatic rings. The van der Waals surface area contributed by atoms with Gasteiger partial charge in [-0.2, -0.15) is 0 Å². The molecule has 1 aromatic rings. The normalized spacial score (nSPS) is 14.6. The number of carbonyl (C=O) groups is 3. The van der Waals surface area contributed by atoms with Gasteiger partial charge in [0, 0.05) is 31.1 Å². The fourth-order valence-electron chi connectivity index (χ4n) is 2.59. The van der Waals surface area contributed by atoms with Crippen molar-refractivity contribution >= 4 is 18.2 Å². The third-order valence-electron chi connectivity index (χ3n) is 3.83. The highest BCUT2D eigenvalue weighted by Gasteiger charge is 2.30. The average Bonchev–Trinajstić information content (AvgIpc) is 2.82. The monoisotopic (exact) mass is 305 g/mol. The van der Waals surface area contributed by atoms with Gasteiger partial charge in [0.1, 0.15) is 0 Å². The van der Waals surface area contributed by atoms with Crippen LogP contribution in [-0.2, 0) is 22.7 Å². The first-order valence-corrected chi connectivity index (χ1v) is 7.09. The summed E-state index contributed by atoms with van der Waals surface area (Å²) in [7, 11) is 0. The second kappa shape index (κ2) is 7.15. The molecule has 0 radical (unpaired) electrons. The number of rotatable bonds is 7. The highest BCUT2D eigenvalue weighted by atomic mass is 16.5. The first kappa shape index (κ1) is 16.1. The Balaban J connectivity index is 2.01. The van der Waals surface area contributed by atoms with Crippen molar-refractivity contribution in [2.75, 3.05) is 0 Å². The van der Waals surface area contributed by atoms with Crippen LogP contribution in [0.25, 0.3) is 0 Å². The molecular weight excluding hydrogens is 286 g/mol. The lowest BCUT2D eigenvalue weighted by Gasteiger charge is -2.23. The number of carbonyl (C=O) groups excluding carboxylic acids is 3. The SMILES string of the molecule is CC(CCC(=O)NC=O)N1Cc2cc(CNO)ccc2C1=O. The molecule has 2 rings (SSSR count). The van der Waals surface area contributed by atoms with Gasteiger partial charge in [-0.15, -0.1) is 0 Å². The Kier molecular flexibility index (Phi) is 5.24. The van der Waals surface area contributed by atoms with Crippen LogP contribution in [0, 0.1) is 0 Å². The summed E-state index contributed by atoms with van der Waals surface area (Å²) in [6, 6.07) is 5.35. The van der Waals surface area contributed by atoms with Crippen molar-refractivity contribution < 1.29 is 19.6 Å². The summed E-state index contributed by atoms with van der Waals surface area (Å²) >= 11 is 0. The van der Waals surface area contributed by atoms with E-state index in [1.807, 2.05) is 13.0 Å². The minimum absolute atomic E-state index is 0.0539. The van der Waals surface area contributed by atoms with E-state index in [-0.39, 0.29) is 24.3 Å². The van der Waals surface area contributed by atoms with Gasteiger partial charge in [-0.05, 0) is 30.5 Å². The molecule has 1 heterocycles. The van der Waals surface area contributed by atoms with Crippen molar-refractivity contribution in [1.82, 2.24) is 15.7 Å². The third-order valence-corrected chi connectivity index (χ3v) is 3.83. The summed E-state index contributed by atoms with van der Waals surface area (Å²) in [6.07, 6.45) is 1.05. The molecule has 1 atom stereocenters. The molecule has 0 saturated heterocycles. The number of nitrogens with zero attached hydrogens (tertiary/aromatic N) is 1. The molecule has 118 valence electrons. The van der Waals surface area contributed by atoms with Crippen molar-refractivity contribution in [3.63, 3.8) is 0 Å². The molecule has 0 aromatic heterocycles. The van der Waals surface area contributed by atoms with E-state index >= 15 is 0 Å². The molecule has 7 nitrogen and oxygen atoms in total. The van der Waals surface area contributed by atoms with E-state index < -0.39 is 0 Å². The number of fused-ring (bicyclic) bond motifs is 1. The Morgan fingerprint density at radius 2 is 2.27 bits per heavy atom. The lowest BCUT2D eigenvalue weighted by atomic mass is 10.1. The zero-order valence-corrected chi connectivity index (χ0v) is 12.3. The Labute approximate surface area is 128 Å². The van der Waals surface area contributed by atoms with Gasteiger partial charge in [0.25, 0.3) is 5.91 Å². The largest absolute Gasteiger partial charge is 0.332 e. The molecule has 22 heavy (non-hydrogen) atoms. The Morgan fingerprint density at radius 1 is 1.50 bits per heavy atom. The molecule has 1 aromatic carbocycles. The summed E-state index contributed by atoms with van der Waals surface area (Å²) < 4.78 is 0. The molecule has 0 fully saturated rings. The van der Waals surface area contributed by atoms with E-state index in [9.17, 15) is 14.4 Å². The van der Waals surface area contributed by atoms with E-state index in [4.69, 9.17) is 5.21 Å². The minimum Gasteiger partial charge on any atom is -0.332 e. The molecule has 3 N–H and O–H groups in total. The first-order valence-electron chi connectivity index (χ1n) is 7.09. The van der Waals surface area contributed by atoms with Crippen molar-refractivity contribution in [3.8, 4) is 0 Å². The topological polar surface area (TPSA) is 98.7 Å². The van der Waals surface area contributed by atoms with Crippen LogP contribution in [0.4, 0.5) is 0 Å². The number of hydroxylamine groups is 1. The summed E-state index contributed by atoms with van der Waals surface area (Å²) in [4.78, 5) is 35.6. The lowest BCUT2D eigenvalue weighted by molar-refractivity contribution is -0.125. The molecule has 0 aliphatic carbocycles. The zero-order valence-electron chi connectivity index (χ0n) is 12.3. The van der Waals surface area contributed by atoms with Crippen molar-refractivity contribution in [3.05, 3.63) is 34.9 Å². The van der Waals surface area contributed by atoms with Crippen LogP contribution in [0.3, 0.4) is 0 Å². The van der Waals surface area contributed by atoms with E-state index in [2.05, 4.69) is 10.8 Å². The first-order chi connectivity index (χ1) is 10.6. The molecule has 0 spiro atoms. The van der Waals surface area contributed by atoms with Gasteiger partial charge < -0.3 is 10.1 Å². The number of hydrogen-bond donors (Lipinski definition) is 3. The van der Waals surface area contributed by atoms with Crippen molar-refractivity contribution in [2.24, 2.45) is 0 Å². The minimum atomic E-state index is -0.345. The maximum absolute atomic E-state index is 12.4. The maximum Gasteiger partial charge on any atom is 0.254 e.